The molecule has 0 bridgehead atoms. The fourth-order valence-corrected chi connectivity index (χ4v) is 3.94. The molecule has 0 spiro atoms. The van der Waals surface area contributed by atoms with Crippen molar-refractivity contribution in [1.82, 2.24) is 19.5 Å². The first-order valence-electron chi connectivity index (χ1n) is 10.5. The molecule has 7 nitrogen and oxygen atoms in total. The van der Waals surface area contributed by atoms with Crippen molar-refractivity contribution in [3.8, 4) is 22.4 Å². The maximum atomic E-state index is 12.6. The Hall–Kier alpha value is -3.84. The van der Waals surface area contributed by atoms with Gasteiger partial charge in [0.15, 0.2) is 0 Å². The summed E-state index contributed by atoms with van der Waals surface area (Å²) in [5.74, 6) is 0.643. The highest BCUT2D eigenvalue weighted by Gasteiger charge is 2.25. The second-order valence-electron chi connectivity index (χ2n) is 7.74. The normalized spacial score (nSPS) is 16.2. The third-order valence-corrected chi connectivity index (χ3v) is 5.71. The predicted molar refractivity (Wildman–Crippen MR) is 123 cm³/mol. The van der Waals surface area contributed by atoms with Gasteiger partial charge in [0, 0.05) is 50.0 Å². The summed E-state index contributed by atoms with van der Waals surface area (Å²) in [6.07, 6.45) is 6.93. The molecule has 4 heterocycles. The van der Waals surface area contributed by atoms with Crippen LogP contribution in [0.25, 0.3) is 22.4 Å². The van der Waals surface area contributed by atoms with Crippen molar-refractivity contribution in [2.45, 2.75) is 6.10 Å². The topological polar surface area (TPSA) is 73.1 Å². The summed E-state index contributed by atoms with van der Waals surface area (Å²) in [4.78, 5) is 27.8. The molecular weight excluding hydrogens is 402 g/mol. The van der Waals surface area contributed by atoms with Crippen molar-refractivity contribution >= 4 is 5.95 Å². The first-order valence-corrected chi connectivity index (χ1v) is 10.5. The van der Waals surface area contributed by atoms with Crippen LogP contribution in [0, 0.1) is 0 Å². The Morgan fingerprint density at radius 2 is 1.75 bits per heavy atom. The van der Waals surface area contributed by atoms with Crippen LogP contribution in [-0.2, 0) is 11.8 Å². The monoisotopic (exact) mass is 425 g/mol. The van der Waals surface area contributed by atoms with Gasteiger partial charge in [0.25, 0.3) is 5.56 Å². The van der Waals surface area contributed by atoms with Crippen LogP contribution in [0.1, 0.15) is 11.7 Å². The lowest BCUT2D eigenvalue weighted by Gasteiger charge is -2.34. The summed E-state index contributed by atoms with van der Waals surface area (Å²) in [6.45, 7) is 1.85. The first kappa shape index (κ1) is 20.1. The van der Waals surface area contributed by atoms with Gasteiger partial charge in [-0.25, -0.2) is 4.98 Å². The number of anilines is 1. The Labute approximate surface area is 186 Å². The molecular formula is C25H23N5O2. The summed E-state index contributed by atoms with van der Waals surface area (Å²) < 4.78 is 7.66. The van der Waals surface area contributed by atoms with E-state index in [4.69, 9.17) is 9.72 Å². The number of nitrogens with zero attached hydrogens (tertiary/aromatic N) is 5. The fourth-order valence-electron chi connectivity index (χ4n) is 3.94. The summed E-state index contributed by atoms with van der Waals surface area (Å²) >= 11 is 0. The Kier molecular flexibility index (Phi) is 5.47. The third kappa shape index (κ3) is 4.02. The smallest absolute Gasteiger partial charge is 0.255 e. The lowest BCUT2D eigenvalue weighted by Crippen LogP contribution is -2.41. The van der Waals surface area contributed by atoms with Gasteiger partial charge in [-0.2, -0.15) is 0 Å². The van der Waals surface area contributed by atoms with Gasteiger partial charge in [0.05, 0.1) is 18.8 Å². The Morgan fingerprint density at radius 1 is 0.938 bits per heavy atom. The van der Waals surface area contributed by atoms with Crippen molar-refractivity contribution in [3.63, 3.8) is 0 Å². The molecule has 0 amide bonds. The molecule has 5 rings (SSSR count). The lowest BCUT2D eigenvalue weighted by molar-refractivity contribution is 0.0390. The molecule has 3 aromatic heterocycles. The van der Waals surface area contributed by atoms with Crippen LogP contribution in [0.5, 0.6) is 0 Å². The zero-order chi connectivity index (χ0) is 21.9. The minimum atomic E-state index is -0.104. The van der Waals surface area contributed by atoms with Crippen LogP contribution in [0.4, 0.5) is 5.95 Å². The van der Waals surface area contributed by atoms with E-state index in [0.29, 0.717) is 31.3 Å². The minimum Gasteiger partial charge on any atom is -0.370 e. The van der Waals surface area contributed by atoms with Crippen LogP contribution >= 0.6 is 0 Å². The number of aromatic nitrogens is 4. The van der Waals surface area contributed by atoms with Crippen molar-refractivity contribution in [2.24, 2.45) is 7.05 Å². The maximum absolute atomic E-state index is 12.6. The van der Waals surface area contributed by atoms with Gasteiger partial charge in [0.2, 0.25) is 5.95 Å². The zero-order valence-corrected chi connectivity index (χ0v) is 17.8. The summed E-state index contributed by atoms with van der Waals surface area (Å²) in [6, 6.07) is 17.6. The molecule has 1 saturated heterocycles. The molecule has 0 radical (unpaired) electrons. The van der Waals surface area contributed by atoms with E-state index < -0.39 is 0 Å². The number of rotatable bonds is 4. The Bertz CT molecular complexity index is 1260. The summed E-state index contributed by atoms with van der Waals surface area (Å²) in [5.41, 5.74) is 4.72. The van der Waals surface area contributed by atoms with E-state index in [-0.39, 0.29) is 11.7 Å². The highest BCUT2D eigenvalue weighted by molar-refractivity contribution is 5.62. The summed E-state index contributed by atoms with van der Waals surface area (Å²) in [7, 11) is 1.76. The molecule has 1 aromatic carbocycles. The Morgan fingerprint density at radius 3 is 2.50 bits per heavy atom. The maximum Gasteiger partial charge on any atom is 0.255 e. The fraction of sp³-hybridized carbons (Fsp3) is 0.200. The van der Waals surface area contributed by atoms with Gasteiger partial charge in [-0.05, 0) is 34.9 Å². The Balaban J connectivity index is 1.41. The highest BCUT2D eigenvalue weighted by Crippen LogP contribution is 2.28. The van der Waals surface area contributed by atoms with E-state index in [1.807, 2.05) is 30.5 Å². The number of pyridine rings is 2. The molecule has 1 aliphatic heterocycles. The average Bonchev–Trinajstić information content (AvgIpc) is 2.87. The number of benzene rings is 1. The van der Waals surface area contributed by atoms with Gasteiger partial charge in [-0.1, -0.05) is 30.3 Å². The van der Waals surface area contributed by atoms with Crippen LogP contribution in [0.3, 0.4) is 0 Å². The molecule has 32 heavy (non-hydrogen) atoms. The van der Waals surface area contributed by atoms with Crippen molar-refractivity contribution in [1.29, 1.82) is 0 Å². The molecule has 0 saturated carbocycles. The van der Waals surface area contributed by atoms with Crippen molar-refractivity contribution in [2.75, 3.05) is 24.6 Å². The lowest BCUT2D eigenvalue weighted by atomic mass is 10.0. The molecule has 0 aliphatic carbocycles. The molecule has 1 fully saturated rings. The van der Waals surface area contributed by atoms with Crippen molar-refractivity contribution < 1.29 is 4.74 Å². The van der Waals surface area contributed by atoms with Gasteiger partial charge >= 0.3 is 0 Å². The number of hydrogen-bond donors (Lipinski definition) is 0. The first-order chi connectivity index (χ1) is 15.7. The van der Waals surface area contributed by atoms with Gasteiger partial charge in [0.1, 0.15) is 6.10 Å². The summed E-state index contributed by atoms with van der Waals surface area (Å²) in [5, 5.41) is 0. The largest absolute Gasteiger partial charge is 0.370 e. The third-order valence-electron chi connectivity index (χ3n) is 5.71. The number of morpholine rings is 1. The van der Waals surface area contributed by atoms with Crippen LogP contribution in [0.2, 0.25) is 0 Å². The molecule has 160 valence electrons. The number of ether oxygens (including phenoxy) is 1. The minimum absolute atomic E-state index is 0.0920. The second-order valence-corrected chi connectivity index (χ2v) is 7.74. The molecule has 1 aliphatic rings. The highest BCUT2D eigenvalue weighted by atomic mass is 16.5. The predicted octanol–water partition coefficient (Wildman–Crippen LogP) is 3.48. The van der Waals surface area contributed by atoms with Crippen LogP contribution in [0.15, 0.2) is 84.2 Å². The number of hydrogen-bond acceptors (Lipinski definition) is 6. The molecule has 1 atom stereocenters. The molecule has 4 aromatic rings. The van der Waals surface area contributed by atoms with E-state index in [2.05, 4.69) is 39.1 Å². The zero-order valence-electron chi connectivity index (χ0n) is 17.8. The molecule has 7 heteroatoms. The SMILES string of the molecule is Cn1c(N2CCOC(c3ccc(-c4cccnc4)cc3)C2)nc(-c2ccncc2)cc1=O. The van der Waals surface area contributed by atoms with E-state index in [9.17, 15) is 4.79 Å². The van der Waals surface area contributed by atoms with Gasteiger partial charge in [-0.3, -0.25) is 19.3 Å². The molecule has 1 unspecified atom stereocenters. The van der Waals surface area contributed by atoms with E-state index in [1.54, 1.807) is 36.3 Å². The van der Waals surface area contributed by atoms with Gasteiger partial charge < -0.3 is 9.64 Å². The quantitative estimate of drug-likeness (QED) is 0.498. The van der Waals surface area contributed by atoms with E-state index >= 15 is 0 Å². The van der Waals surface area contributed by atoms with Crippen molar-refractivity contribution in [3.05, 3.63) is 95.3 Å². The second kappa shape index (κ2) is 8.72. The van der Waals surface area contributed by atoms with E-state index in [0.717, 1.165) is 22.3 Å². The standard InChI is InChI=1S/C25H23N5O2/c1-29-24(31)15-22(19-8-11-26-12-9-19)28-25(29)30-13-14-32-23(17-30)20-6-4-18(5-7-20)21-3-2-10-27-16-21/h2-12,15-16,23H,13-14,17H2,1H3. The van der Waals surface area contributed by atoms with E-state index in [1.165, 1.54) is 0 Å². The van der Waals surface area contributed by atoms with Gasteiger partial charge in [-0.15, -0.1) is 0 Å². The molecule has 0 N–H and O–H groups in total. The van der Waals surface area contributed by atoms with Crippen LogP contribution in [-0.4, -0.2) is 39.2 Å². The van der Waals surface area contributed by atoms with Crippen LogP contribution < -0.4 is 10.5 Å². The average molecular weight is 425 g/mol.